The molecule has 1 atom stereocenters. The topological polar surface area (TPSA) is 109 Å². The molecule has 0 fully saturated rings. The molecule has 1 N–H and O–H groups in total. The normalized spacial score (nSPS) is 18.8. The molecule has 0 amide bonds. The first-order chi connectivity index (χ1) is 17.9. The van der Waals surface area contributed by atoms with Gasteiger partial charge in [-0.1, -0.05) is 19.1 Å². The van der Waals surface area contributed by atoms with Gasteiger partial charge in [0.05, 0.1) is 36.1 Å². The van der Waals surface area contributed by atoms with Crippen LogP contribution >= 0.6 is 0 Å². The number of pyridine rings is 2. The van der Waals surface area contributed by atoms with E-state index in [-0.39, 0.29) is 43.1 Å². The maximum absolute atomic E-state index is 13.7. The monoisotopic (exact) mass is 498 g/mol. The van der Waals surface area contributed by atoms with Crippen molar-refractivity contribution in [2.75, 3.05) is 13.9 Å². The van der Waals surface area contributed by atoms with Crippen LogP contribution in [0.15, 0.2) is 47.3 Å². The van der Waals surface area contributed by atoms with Gasteiger partial charge < -0.3 is 28.6 Å². The summed E-state index contributed by atoms with van der Waals surface area (Å²) < 4.78 is 23.6. The first kappa shape index (κ1) is 21.9. The van der Waals surface area contributed by atoms with Gasteiger partial charge in [0, 0.05) is 22.6 Å². The number of esters is 1. The SMILES string of the molecule is CC[C@@]1(O)C(=O)OCc2c1cc1n(c2=O)Cc2c-1nc1cc3c(cc1c2-c1cccc(OC)c1)OCO3. The summed E-state index contributed by atoms with van der Waals surface area (Å²) in [5, 5.41) is 12.0. The van der Waals surface area contributed by atoms with Crippen molar-refractivity contribution >= 4 is 16.9 Å². The largest absolute Gasteiger partial charge is 0.497 e. The Balaban J connectivity index is 1.56. The van der Waals surface area contributed by atoms with Gasteiger partial charge in [0.1, 0.15) is 12.4 Å². The smallest absolute Gasteiger partial charge is 0.343 e. The lowest BCUT2D eigenvalue weighted by molar-refractivity contribution is -0.172. The highest BCUT2D eigenvalue weighted by molar-refractivity contribution is 6.01. The molecule has 0 bridgehead atoms. The molecule has 0 aliphatic carbocycles. The fourth-order valence-corrected chi connectivity index (χ4v) is 5.58. The molecule has 9 heteroatoms. The third-order valence-corrected chi connectivity index (χ3v) is 7.54. The summed E-state index contributed by atoms with van der Waals surface area (Å²) >= 11 is 0. The Morgan fingerprint density at radius 1 is 1.08 bits per heavy atom. The number of benzene rings is 2. The predicted octanol–water partition coefficient (Wildman–Crippen LogP) is 3.48. The van der Waals surface area contributed by atoms with Crippen molar-refractivity contribution < 1.29 is 28.8 Å². The molecule has 0 saturated carbocycles. The first-order valence-corrected chi connectivity index (χ1v) is 12.0. The van der Waals surface area contributed by atoms with E-state index in [1.807, 2.05) is 36.4 Å². The lowest BCUT2D eigenvalue weighted by Crippen LogP contribution is -2.44. The van der Waals surface area contributed by atoms with Gasteiger partial charge in [-0.05, 0) is 41.8 Å². The van der Waals surface area contributed by atoms with Crippen LogP contribution in [0.25, 0.3) is 33.4 Å². The average molecular weight is 498 g/mol. The Hall–Kier alpha value is -4.37. The molecule has 186 valence electrons. The second kappa shape index (κ2) is 7.57. The maximum Gasteiger partial charge on any atom is 0.343 e. The molecule has 0 spiro atoms. The number of hydrogen-bond acceptors (Lipinski definition) is 8. The van der Waals surface area contributed by atoms with Gasteiger partial charge in [0.25, 0.3) is 5.56 Å². The highest BCUT2D eigenvalue weighted by Crippen LogP contribution is 2.46. The van der Waals surface area contributed by atoms with Crippen LogP contribution in [-0.4, -0.2) is 34.5 Å². The third kappa shape index (κ3) is 2.91. The molecule has 3 aliphatic rings. The van der Waals surface area contributed by atoms with Gasteiger partial charge in [0.15, 0.2) is 17.1 Å². The van der Waals surface area contributed by atoms with Crippen LogP contribution in [0, 0.1) is 0 Å². The van der Waals surface area contributed by atoms with Crippen LogP contribution in [0.1, 0.15) is 30.0 Å². The number of aromatic nitrogens is 2. The number of methoxy groups -OCH3 is 1. The number of nitrogens with zero attached hydrogens (tertiary/aromatic N) is 2. The molecule has 4 aromatic rings. The highest BCUT2D eigenvalue weighted by atomic mass is 16.7. The number of carbonyl (C=O) groups excluding carboxylic acids is 1. The number of aliphatic hydroxyl groups is 1. The van der Waals surface area contributed by atoms with Crippen molar-refractivity contribution in [3.8, 4) is 39.8 Å². The minimum Gasteiger partial charge on any atom is -0.497 e. The van der Waals surface area contributed by atoms with Gasteiger partial charge >= 0.3 is 5.97 Å². The van der Waals surface area contributed by atoms with E-state index in [1.165, 1.54) is 0 Å². The zero-order valence-corrected chi connectivity index (χ0v) is 20.2. The van der Waals surface area contributed by atoms with Crippen molar-refractivity contribution in [2.24, 2.45) is 0 Å². The molecular weight excluding hydrogens is 476 g/mol. The fourth-order valence-electron chi connectivity index (χ4n) is 5.58. The summed E-state index contributed by atoms with van der Waals surface area (Å²) in [4.78, 5) is 31.1. The van der Waals surface area contributed by atoms with Gasteiger partial charge in [-0.15, -0.1) is 0 Å². The van der Waals surface area contributed by atoms with Crippen molar-refractivity contribution in [3.63, 3.8) is 0 Å². The van der Waals surface area contributed by atoms with Crippen LogP contribution in [0.4, 0.5) is 0 Å². The fraction of sp³-hybridized carbons (Fsp3) is 0.250. The molecule has 0 unspecified atom stereocenters. The van der Waals surface area contributed by atoms with Gasteiger partial charge in [-0.2, -0.15) is 0 Å². The van der Waals surface area contributed by atoms with E-state index in [0.717, 1.165) is 22.1 Å². The van der Waals surface area contributed by atoms with E-state index in [2.05, 4.69) is 0 Å². The number of rotatable bonds is 3. The first-order valence-electron chi connectivity index (χ1n) is 12.0. The minimum atomic E-state index is -1.89. The van der Waals surface area contributed by atoms with Crippen LogP contribution < -0.4 is 19.8 Å². The zero-order chi connectivity index (χ0) is 25.5. The Morgan fingerprint density at radius 3 is 2.68 bits per heavy atom. The van der Waals surface area contributed by atoms with Crippen molar-refractivity contribution in [1.82, 2.24) is 9.55 Å². The minimum absolute atomic E-state index is 0.0816. The number of cyclic esters (lactones) is 1. The van der Waals surface area contributed by atoms with Crippen LogP contribution in [0.3, 0.4) is 0 Å². The predicted molar refractivity (Wildman–Crippen MR) is 133 cm³/mol. The molecule has 37 heavy (non-hydrogen) atoms. The van der Waals surface area contributed by atoms with Crippen molar-refractivity contribution in [1.29, 1.82) is 0 Å². The maximum atomic E-state index is 13.7. The van der Waals surface area contributed by atoms with E-state index < -0.39 is 11.6 Å². The summed E-state index contributed by atoms with van der Waals surface area (Å²) in [6.07, 6.45) is 0.0816. The lowest BCUT2D eigenvalue weighted by Gasteiger charge is -2.31. The molecule has 9 nitrogen and oxygen atoms in total. The number of ether oxygens (including phenoxy) is 4. The molecular formula is C28H22N2O7. The molecule has 0 radical (unpaired) electrons. The lowest BCUT2D eigenvalue weighted by atomic mass is 9.86. The number of fused-ring (bicyclic) bond motifs is 6. The van der Waals surface area contributed by atoms with E-state index in [4.69, 9.17) is 23.9 Å². The second-order valence-electron chi connectivity index (χ2n) is 9.37. The molecule has 7 rings (SSSR count). The quantitative estimate of drug-likeness (QED) is 0.377. The summed E-state index contributed by atoms with van der Waals surface area (Å²) in [7, 11) is 1.62. The number of carbonyl (C=O) groups is 1. The standard InChI is InChI=1S/C28H22N2O7/c1-3-28(33)19-9-21-25-17(11-30(21)26(31)18(19)12-35-27(28)32)24(14-5-4-6-15(7-14)34-2)16-8-22-23(37-13-36-22)10-20(16)29-25/h4-10,33H,3,11-13H2,1-2H3/t28-/m0/s1. The summed E-state index contributed by atoms with van der Waals surface area (Å²) in [5.74, 6) is 1.18. The summed E-state index contributed by atoms with van der Waals surface area (Å²) in [6, 6.07) is 13.2. The third-order valence-electron chi connectivity index (χ3n) is 7.54. The molecule has 0 saturated heterocycles. The molecule has 2 aromatic carbocycles. The van der Waals surface area contributed by atoms with Crippen molar-refractivity contribution in [2.45, 2.75) is 32.1 Å². The Labute approximate surface area is 210 Å². The highest BCUT2D eigenvalue weighted by Gasteiger charge is 2.45. The average Bonchev–Trinajstić information content (AvgIpc) is 3.52. The van der Waals surface area contributed by atoms with E-state index in [0.29, 0.717) is 34.2 Å². The molecule has 3 aliphatic heterocycles. The zero-order valence-electron chi connectivity index (χ0n) is 20.2. The second-order valence-corrected chi connectivity index (χ2v) is 9.37. The Bertz CT molecular complexity index is 1720. The van der Waals surface area contributed by atoms with Crippen molar-refractivity contribution in [3.05, 3.63) is 69.5 Å². The van der Waals surface area contributed by atoms with E-state index >= 15 is 0 Å². The summed E-state index contributed by atoms with van der Waals surface area (Å²) in [5.41, 5.74) is 2.86. The van der Waals surface area contributed by atoms with Gasteiger partial charge in [-0.3, -0.25) is 4.79 Å². The van der Waals surface area contributed by atoms with E-state index in [1.54, 1.807) is 24.7 Å². The van der Waals surface area contributed by atoms with Crippen LogP contribution in [0.5, 0.6) is 17.2 Å². The van der Waals surface area contributed by atoms with E-state index in [9.17, 15) is 14.7 Å². The van der Waals surface area contributed by atoms with Crippen LogP contribution in [0.2, 0.25) is 0 Å². The molecule has 5 heterocycles. The van der Waals surface area contributed by atoms with Crippen LogP contribution in [-0.2, 0) is 28.3 Å². The van der Waals surface area contributed by atoms with Gasteiger partial charge in [-0.25, -0.2) is 9.78 Å². The Morgan fingerprint density at radius 2 is 1.89 bits per heavy atom. The number of hydrogen-bond donors (Lipinski definition) is 1. The molecule has 2 aromatic heterocycles. The Kier molecular flexibility index (Phi) is 4.47. The van der Waals surface area contributed by atoms with Gasteiger partial charge in [0.2, 0.25) is 6.79 Å². The summed E-state index contributed by atoms with van der Waals surface area (Å²) in [6.45, 7) is 1.92.